The minimum Gasteiger partial charge on any atom is -0.480 e. The molecule has 3 N–H and O–H groups in total. The first-order chi connectivity index (χ1) is 20.8. The van der Waals surface area contributed by atoms with E-state index in [1.165, 1.54) is 51.4 Å². The predicted octanol–water partition coefficient (Wildman–Crippen LogP) is 7.79. The molecule has 1 atom stereocenters. The van der Waals surface area contributed by atoms with E-state index in [0.29, 0.717) is 23.7 Å². The number of amides is 2. The van der Waals surface area contributed by atoms with Crippen molar-refractivity contribution in [2.24, 2.45) is 5.92 Å². The minimum absolute atomic E-state index is 0.176. The summed E-state index contributed by atoms with van der Waals surface area (Å²) in [5.41, 5.74) is 4.55. The highest BCUT2D eigenvalue weighted by atomic mass is 32.2. The van der Waals surface area contributed by atoms with Gasteiger partial charge in [0.05, 0.1) is 0 Å². The Balaban J connectivity index is 0.000000257. The molecule has 43 heavy (non-hydrogen) atoms. The zero-order chi connectivity index (χ0) is 31.0. The number of rotatable bonds is 11. The molecule has 2 aliphatic carbocycles. The monoisotopic (exact) mass is 610 g/mol. The molecule has 2 aromatic carbocycles. The van der Waals surface area contributed by atoms with Gasteiger partial charge in [0, 0.05) is 12.1 Å². The first kappa shape index (κ1) is 34.5. The van der Waals surface area contributed by atoms with Gasteiger partial charge in [-0.2, -0.15) is 11.8 Å². The van der Waals surface area contributed by atoms with Crippen LogP contribution in [0.25, 0.3) is 11.1 Å². The average molecular weight is 611 g/mol. The van der Waals surface area contributed by atoms with E-state index in [9.17, 15) is 19.5 Å². The lowest BCUT2D eigenvalue weighted by molar-refractivity contribution is -0.139. The summed E-state index contributed by atoms with van der Waals surface area (Å²) in [5.74, 6) is 0.00789. The number of nitrogens with one attached hydrogen (secondary N) is 2. The van der Waals surface area contributed by atoms with Gasteiger partial charge in [-0.25, -0.2) is 9.59 Å². The van der Waals surface area contributed by atoms with Crippen molar-refractivity contribution in [3.8, 4) is 11.1 Å². The highest BCUT2D eigenvalue weighted by Gasteiger charge is 2.23. The lowest BCUT2D eigenvalue weighted by Gasteiger charge is -2.24. The van der Waals surface area contributed by atoms with Crippen LogP contribution in [0.3, 0.4) is 0 Å². The number of carboxylic acid groups (broad SMARTS) is 1. The number of alkyl carbamates (subject to hydrolysis) is 1. The third kappa shape index (κ3) is 11.5. The van der Waals surface area contributed by atoms with Crippen LogP contribution in [0.1, 0.15) is 99.0 Å². The Labute approximate surface area is 261 Å². The number of carboxylic acids is 1. The fourth-order valence-corrected chi connectivity index (χ4v) is 6.30. The van der Waals surface area contributed by atoms with Crippen LogP contribution < -0.4 is 10.6 Å². The summed E-state index contributed by atoms with van der Waals surface area (Å²) in [6, 6.07) is 12.8. The van der Waals surface area contributed by atoms with Crippen LogP contribution in [0.4, 0.5) is 4.79 Å². The second kappa shape index (κ2) is 18.6. The Kier molecular flexibility index (Phi) is 14.9. The number of aryl methyl sites for hydroxylation is 2. The summed E-state index contributed by atoms with van der Waals surface area (Å²) < 4.78 is 5.43. The number of hydrogen-bond acceptors (Lipinski definition) is 5. The Morgan fingerprint density at radius 1 is 0.953 bits per heavy atom. The minimum atomic E-state index is -1.00. The Morgan fingerprint density at radius 2 is 1.63 bits per heavy atom. The largest absolute Gasteiger partial charge is 0.480 e. The van der Waals surface area contributed by atoms with Crippen molar-refractivity contribution in [2.45, 2.75) is 103 Å². The lowest BCUT2D eigenvalue weighted by Crippen LogP contribution is -2.41. The molecule has 236 valence electrons. The van der Waals surface area contributed by atoms with Gasteiger partial charge in [-0.3, -0.25) is 4.79 Å². The maximum absolute atomic E-state index is 12.8. The van der Waals surface area contributed by atoms with Gasteiger partial charge in [0.1, 0.15) is 12.1 Å². The topological polar surface area (TPSA) is 105 Å². The van der Waals surface area contributed by atoms with Crippen molar-refractivity contribution < 1.29 is 24.2 Å². The van der Waals surface area contributed by atoms with Gasteiger partial charge >= 0.3 is 12.1 Å². The first-order valence-corrected chi connectivity index (χ1v) is 17.4. The van der Waals surface area contributed by atoms with Crippen LogP contribution in [-0.2, 0) is 16.0 Å². The van der Waals surface area contributed by atoms with Crippen molar-refractivity contribution >= 4 is 29.7 Å². The van der Waals surface area contributed by atoms with Crippen molar-refractivity contribution in [3.63, 3.8) is 0 Å². The highest BCUT2D eigenvalue weighted by molar-refractivity contribution is 7.98. The number of aliphatic carboxylic acids is 1. The zero-order valence-electron chi connectivity index (χ0n) is 26.2. The van der Waals surface area contributed by atoms with Crippen LogP contribution in [-0.4, -0.2) is 53.8 Å². The number of ether oxygens (including phenoxy) is 1. The molecule has 4 rings (SSSR count). The van der Waals surface area contributed by atoms with Gasteiger partial charge in [0.25, 0.3) is 5.91 Å². The smallest absolute Gasteiger partial charge is 0.407 e. The zero-order valence-corrected chi connectivity index (χ0v) is 27.0. The molecule has 2 saturated carbocycles. The maximum Gasteiger partial charge on any atom is 0.407 e. The lowest BCUT2D eigenvalue weighted by atomic mass is 9.89. The third-order valence-corrected chi connectivity index (χ3v) is 9.12. The Morgan fingerprint density at radius 3 is 2.26 bits per heavy atom. The maximum atomic E-state index is 12.8. The summed E-state index contributed by atoms with van der Waals surface area (Å²) in [4.78, 5) is 35.9. The van der Waals surface area contributed by atoms with Gasteiger partial charge < -0.3 is 20.5 Å². The van der Waals surface area contributed by atoms with Crippen molar-refractivity contribution in [1.29, 1.82) is 0 Å². The molecule has 2 amide bonds. The van der Waals surface area contributed by atoms with E-state index in [1.807, 2.05) is 49.6 Å². The number of thioether (sulfide) groups is 1. The van der Waals surface area contributed by atoms with E-state index >= 15 is 0 Å². The van der Waals surface area contributed by atoms with Crippen LogP contribution in [0.5, 0.6) is 0 Å². The highest BCUT2D eigenvalue weighted by Crippen LogP contribution is 2.29. The molecule has 2 aliphatic rings. The van der Waals surface area contributed by atoms with Crippen molar-refractivity contribution in [3.05, 3.63) is 59.2 Å². The molecule has 2 aromatic rings. The van der Waals surface area contributed by atoms with Crippen molar-refractivity contribution in [2.75, 3.05) is 18.6 Å². The van der Waals surface area contributed by atoms with Crippen LogP contribution in [0.2, 0.25) is 0 Å². The fraction of sp³-hybridized carbons (Fsp3) is 0.571. The van der Waals surface area contributed by atoms with Gasteiger partial charge in [-0.05, 0) is 105 Å². The number of benzene rings is 2. The van der Waals surface area contributed by atoms with Crippen LogP contribution >= 0.6 is 11.8 Å². The fourth-order valence-electron chi connectivity index (χ4n) is 5.83. The summed E-state index contributed by atoms with van der Waals surface area (Å²) in [6.07, 6.45) is 15.5. The first-order valence-electron chi connectivity index (χ1n) is 16.0. The quantitative estimate of drug-likeness (QED) is 0.240. The predicted molar refractivity (Wildman–Crippen MR) is 176 cm³/mol. The molecule has 7 nitrogen and oxygen atoms in total. The second-order valence-electron chi connectivity index (χ2n) is 11.7. The molecule has 0 aliphatic heterocycles. The number of carbonyl (C=O) groups excluding carboxylic acids is 2. The molecule has 8 heteroatoms. The van der Waals surface area contributed by atoms with Crippen LogP contribution in [0.15, 0.2) is 42.5 Å². The van der Waals surface area contributed by atoms with E-state index in [0.717, 1.165) is 48.1 Å². The van der Waals surface area contributed by atoms with E-state index < -0.39 is 12.0 Å². The summed E-state index contributed by atoms with van der Waals surface area (Å²) in [5, 5.41) is 15.0. The number of carbonyl (C=O) groups is 3. The van der Waals surface area contributed by atoms with Gasteiger partial charge in [0.2, 0.25) is 0 Å². The summed E-state index contributed by atoms with van der Waals surface area (Å²) >= 11 is 1.56. The molecule has 0 spiro atoms. The van der Waals surface area contributed by atoms with Gasteiger partial charge in [-0.1, -0.05) is 69.0 Å². The molecule has 0 radical (unpaired) electrons. The van der Waals surface area contributed by atoms with Crippen LogP contribution in [0, 0.1) is 12.8 Å². The SMILES string of the molecule is CCc1ccc(C(=O)NC(CCSC)C(=O)O)c(-c2ccccc2C)c1.O=C(NCC1CCCCC1)OC1CCCCC1. The molecule has 1 unspecified atom stereocenters. The van der Waals surface area contributed by atoms with E-state index in [-0.39, 0.29) is 18.1 Å². The van der Waals surface area contributed by atoms with Gasteiger partial charge in [-0.15, -0.1) is 0 Å². The molecular weight excluding hydrogens is 560 g/mol. The van der Waals surface area contributed by atoms with E-state index in [4.69, 9.17) is 4.74 Å². The third-order valence-electron chi connectivity index (χ3n) is 8.47. The summed E-state index contributed by atoms with van der Waals surface area (Å²) in [6.45, 7) is 4.89. The van der Waals surface area contributed by atoms with Crippen molar-refractivity contribution in [1.82, 2.24) is 10.6 Å². The molecule has 0 heterocycles. The number of hydrogen-bond donors (Lipinski definition) is 3. The Hall–Kier alpha value is -3.00. The molecule has 0 aromatic heterocycles. The molecule has 2 fully saturated rings. The molecule has 0 saturated heterocycles. The molecule has 0 bridgehead atoms. The Bertz CT molecular complexity index is 1170. The van der Waals surface area contributed by atoms with Gasteiger partial charge in [0.15, 0.2) is 0 Å². The standard InChI is InChI=1S/C21H25NO3S.C14H25NO2/c1-4-15-9-10-17(18(13-15)16-8-6-5-7-14(16)2)20(23)22-19(21(24)25)11-12-26-3;16-14(17-13-9-5-2-6-10-13)15-11-12-7-3-1-4-8-12/h5-10,13,19H,4,11-12H2,1-3H3,(H,22,23)(H,24,25);12-13H,1-11H2,(H,15,16). The second-order valence-corrected chi connectivity index (χ2v) is 12.7. The summed E-state index contributed by atoms with van der Waals surface area (Å²) in [7, 11) is 0. The molecular formula is C35H50N2O5S. The van der Waals surface area contributed by atoms with E-state index in [2.05, 4.69) is 17.6 Å². The van der Waals surface area contributed by atoms with E-state index in [1.54, 1.807) is 17.8 Å². The normalized spacial score (nSPS) is 16.3. The average Bonchev–Trinajstić information content (AvgIpc) is 3.03.